The van der Waals surface area contributed by atoms with Gasteiger partial charge in [-0.2, -0.15) is 0 Å². The van der Waals surface area contributed by atoms with Gasteiger partial charge in [0.1, 0.15) is 17.9 Å². The van der Waals surface area contributed by atoms with Crippen LogP contribution in [0.4, 0.5) is 0 Å². The summed E-state index contributed by atoms with van der Waals surface area (Å²) in [5.41, 5.74) is 5.03. The molecule has 7 heteroatoms. The van der Waals surface area contributed by atoms with Gasteiger partial charge in [0.15, 0.2) is 5.96 Å². The lowest BCUT2D eigenvalue weighted by molar-refractivity contribution is -0.138. The number of esters is 2. The Bertz CT molecular complexity index is 487. The molecule has 0 saturated heterocycles. The summed E-state index contributed by atoms with van der Waals surface area (Å²) in [6.45, 7) is -0.325. The molecule has 0 spiro atoms. The van der Waals surface area contributed by atoms with Crippen molar-refractivity contribution in [3.63, 3.8) is 0 Å². The molecular formula is C11H13N3O4. The van der Waals surface area contributed by atoms with E-state index in [-0.39, 0.29) is 23.8 Å². The number of guanidine groups is 1. The van der Waals surface area contributed by atoms with E-state index in [2.05, 4.69) is 4.74 Å². The minimum Gasteiger partial charge on any atom is -0.507 e. The number of hydrogen-bond donors (Lipinski definition) is 3. The fourth-order valence-corrected chi connectivity index (χ4v) is 1.12. The highest BCUT2D eigenvalue weighted by Gasteiger charge is 2.17. The molecule has 0 aliphatic heterocycles. The maximum absolute atomic E-state index is 11.5. The number of ether oxygens (including phenoxy) is 1. The van der Waals surface area contributed by atoms with Crippen molar-refractivity contribution in [3.05, 3.63) is 29.8 Å². The molecule has 1 rings (SSSR count). The lowest BCUT2D eigenvalue weighted by atomic mass is 10.2. The summed E-state index contributed by atoms with van der Waals surface area (Å²) in [5, 5.41) is 16.4. The SMILES string of the molecule is CN(CC(=O)OC(=O)c1ccccc1O)C(=N)N. The van der Waals surface area contributed by atoms with Crippen LogP contribution in [0.2, 0.25) is 0 Å². The van der Waals surface area contributed by atoms with E-state index in [1.54, 1.807) is 0 Å². The molecule has 1 aromatic carbocycles. The van der Waals surface area contributed by atoms with Crippen LogP contribution in [0.3, 0.4) is 0 Å². The van der Waals surface area contributed by atoms with Crippen LogP contribution in [0.5, 0.6) is 5.75 Å². The third kappa shape index (κ3) is 3.48. The molecule has 0 bridgehead atoms. The number of nitrogens with zero attached hydrogens (tertiary/aromatic N) is 1. The van der Waals surface area contributed by atoms with E-state index < -0.39 is 11.9 Å². The second-order valence-electron chi connectivity index (χ2n) is 3.52. The number of phenols is 1. The van der Waals surface area contributed by atoms with Crippen molar-refractivity contribution in [2.45, 2.75) is 0 Å². The number of likely N-dealkylation sites (N-methyl/N-ethyl adjacent to an activating group) is 1. The average Bonchev–Trinajstić information content (AvgIpc) is 2.28. The molecule has 0 aliphatic carbocycles. The van der Waals surface area contributed by atoms with Gasteiger partial charge in [0.05, 0.1) is 0 Å². The van der Waals surface area contributed by atoms with Crippen molar-refractivity contribution in [1.82, 2.24) is 4.90 Å². The number of hydrogen-bond acceptors (Lipinski definition) is 5. The van der Waals surface area contributed by atoms with Crippen LogP contribution in [0.15, 0.2) is 24.3 Å². The molecule has 18 heavy (non-hydrogen) atoms. The number of carbonyl (C=O) groups excluding carboxylic acids is 2. The molecule has 0 unspecified atom stereocenters. The molecule has 0 atom stereocenters. The first-order valence-corrected chi connectivity index (χ1v) is 5.00. The van der Waals surface area contributed by atoms with Crippen LogP contribution in [-0.4, -0.2) is 41.5 Å². The van der Waals surface area contributed by atoms with E-state index in [1.165, 1.54) is 31.3 Å². The fraction of sp³-hybridized carbons (Fsp3) is 0.182. The number of aromatic hydroxyl groups is 1. The molecule has 0 radical (unpaired) electrons. The van der Waals surface area contributed by atoms with Crippen molar-refractivity contribution in [2.75, 3.05) is 13.6 Å². The Balaban J connectivity index is 2.63. The van der Waals surface area contributed by atoms with E-state index in [1.807, 2.05) is 0 Å². The van der Waals surface area contributed by atoms with Crippen LogP contribution >= 0.6 is 0 Å². The first-order valence-electron chi connectivity index (χ1n) is 5.00. The van der Waals surface area contributed by atoms with E-state index in [0.29, 0.717) is 0 Å². The Kier molecular flexibility index (Phi) is 4.25. The van der Waals surface area contributed by atoms with E-state index in [9.17, 15) is 14.7 Å². The first-order chi connectivity index (χ1) is 8.41. The minimum atomic E-state index is -0.949. The number of para-hydroxylation sites is 1. The number of nitrogens with one attached hydrogen (secondary N) is 1. The highest BCUT2D eigenvalue weighted by atomic mass is 16.6. The average molecular weight is 251 g/mol. The molecule has 0 fully saturated rings. The zero-order chi connectivity index (χ0) is 13.7. The van der Waals surface area contributed by atoms with Gasteiger partial charge in [-0.25, -0.2) is 9.59 Å². The second kappa shape index (κ2) is 5.67. The zero-order valence-electron chi connectivity index (χ0n) is 9.71. The van der Waals surface area contributed by atoms with Crippen LogP contribution in [0.25, 0.3) is 0 Å². The van der Waals surface area contributed by atoms with Gasteiger partial charge in [0.25, 0.3) is 0 Å². The third-order valence-corrected chi connectivity index (χ3v) is 2.11. The lowest BCUT2D eigenvalue weighted by Crippen LogP contribution is -2.37. The highest BCUT2D eigenvalue weighted by Crippen LogP contribution is 2.16. The Morgan fingerprint density at radius 3 is 2.61 bits per heavy atom. The summed E-state index contributed by atoms with van der Waals surface area (Å²) in [6.07, 6.45) is 0. The Morgan fingerprint density at radius 2 is 2.06 bits per heavy atom. The van der Waals surface area contributed by atoms with Gasteiger partial charge in [0.2, 0.25) is 0 Å². The number of nitrogens with two attached hydrogens (primary N) is 1. The highest BCUT2D eigenvalue weighted by molar-refractivity contribution is 5.99. The van der Waals surface area contributed by atoms with Gasteiger partial charge in [-0.05, 0) is 12.1 Å². The summed E-state index contributed by atoms with van der Waals surface area (Å²) in [4.78, 5) is 24.0. The van der Waals surface area contributed by atoms with Crippen LogP contribution in [0.1, 0.15) is 10.4 Å². The van der Waals surface area contributed by atoms with E-state index in [4.69, 9.17) is 11.1 Å². The molecular weight excluding hydrogens is 238 g/mol. The van der Waals surface area contributed by atoms with Gasteiger partial charge in [-0.1, -0.05) is 12.1 Å². The summed E-state index contributed by atoms with van der Waals surface area (Å²) in [5.74, 6) is -2.40. The Morgan fingerprint density at radius 1 is 1.44 bits per heavy atom. The molecule has 0 heterocycles. The monoisotopic (exact) mass is 251 g/mol. The molecule has 0 amide bonds. The predicted molar refractivity (Wildman–Crippen MR) is 63.1 cm³/mol. The number of benzene rings is 1. The smallest absolute Gasteiger partial charge is 0.349 e. The molecule has 4 N–H and O–H groups in total. The van der Waals surface area contributed by atoms with Crippen LogP contribution < -0.4 is 5.73 Å². The topological polar surface area (TPSA) is 117 Å². The molecule has 7 nitrogen and oxygen atoms in total. The number of carbonyl (C=O) groups is 2. The standard InChI is InChI=1S/C11H13N3O4/c1-14(11(12)13)6-9(16)18-10(17)7-4-2-3-5-8(7)15/h2-5,15H,6H2,1H3,(H3,12,13). The van der Waals surface area contributed by atoms with Crippen molar-refractivity contribution in [2.24, 2.45) is 5.73 Å². The quantitative estimate of drug-likeness (QED) is 0.299. The maximum Gasteiger partial charge on any atom is 0.349 e. The van der Waals surface area contributed by atoms with Gasteiger partial charge < -0.3 is 20.5 Å². The number of phenolic OH excluding ortho intramolecular Hbond substituents is 1. The van der Waals surface area contributed by atoms with Crippen molar-refractivity contribution in [3.8, 4) is 5.75 Å². The van der Waals surface area contributed by atoms with E-state index >= 15 is 0 Å². The Labute approximate surface area is 103 Å². The van der Waals surface area contributed by atoms with Crippen molar-refractivity contribution in [1.29, 1.82) is 5.41 Å². The number of rotatable bonds is 3. The normalized spacial score (nSPS) is 9.61. The zero-order valence-corrected chi connectivity index (χ0v) is 9.71. The van der Waals surface area contributed by atoms with Crippen molar-refractivity contribution >= 4 is 17.9 Å². The molecule has 0 aliphatic rings. The van der Waals surface area contributed by atoms with Crippen LogP contribution in [0, 0.1) is 5.41 Å². The predicted octanol–water partition coefficient (Wildman–Crippen LogP) is -0.0991. The first kappa shape index (κ1) is 13.5. The summed E-state index contributed by atoms with van der Waals surface area (Å²) in [7, 11) is 1.41. The van der Waals surface area contributed by atoms with Gasteiger partial charge in [-0.15, -0.1) is 0 Å². The van der Waals surface area contributed by atoms with Gasteiger partial charge >= 0.3 is 11.9 Å². The molecule has 96 valence electrons. The van der Waals surface area contributed by atoms with Crippen molar-refractivity contribution < 1.29 is 19.4 Å². The molecule has 0 aromatic heterocycles. The van der Waals surface area contributed by atoms with Gasteiger partial charge in [0, 0.05) is 7.05 Å². The molecule has 1 aromatic rings. The van der Waals surface area contributed by atoms with E-state index in [0.717, 1.165) is 4.90 Å². The summed E-state index contributed by atoms with van der Waals surface area (Å²) < 4.78 is 4.51. The van der Waals surface area contributed by atoms with Gasteiger partial charge in [-0.3, -0.25) is 5.41 Å². The summed E-state index contributed by atoms with van der Waals surface area (Å²) >= 11 is 0. The Hall–Kier alpha value is -2.57. The third-order valence-electron chi connectivity index (χ3n) is 2.11. The largest absolute Gasteiger partial charge is 0.507 e. The fourth-order valence-electron chi connectivity index (χ4n) is 1.12. The minimum absolute atomic E-state index is 0.101. The lowest BCUT2D eigenvalue weighted by Gasteiger charge is -2.14. The van der Waals surface area contributed by atoms with Crippen LogP contribution in [-0.2, 0) is 9.53 Å². The molecule has 0 saturated carbocycles. The second-order valence-corrected chi connectivity index (χ2v) is 3.52. The maximum atomic E-state index is 11.5. The summed E-state index contributed by atoms with van der Waals surface area (Å²) in [6, 6.07) is 5.71.